The van der Waals surface area contributed by atoms with E-state index >= 15 is 0 Å². The van der Waals surface area contributed by atoms with E-state index in [1.165, 1.54) is 15.3 Å². The SMILES string of the molecule is CNC(c1cc(Br)c(Br)s1)c1sccc1C. The van der Waals surface area contributed by atoms with Gasteiger partial charge in [-0.25, -0.2) is 0 Å². The summed E-state index contributed by atoms with van der Waals surface area (Å²) in [6.07, 6.45) is 0. The molecule has 86 valence electrons. The quantitative estimate of drug-likeness (QED) is 0.793. The molecule has 0 aliphatic rings. The molecule has 0 aliphatic carbocycles. The molecule has 0 radical (unpaired) electrons. The van der Waals surface area contributed by atoms with Crippen molar-refractivity contribution in [3.8, 4) is 0 Å². The minimum atomic E-state index is 0.299. The lowest BCUT2D eigenvalue weighted by Gasteiger charge is -2.13. The van der Waals surface area contributed by atoms with Crippen molar-refractivity contribution >= 4 is 54.5 Å². The van der Waals surface area contributed by atoms with Gasteiger partial charge in [-0.3, -0.25) is 0 Å². The fourth-order valence-electron chi connectivity index (χ4n) is 1.59. The van der Waals surface area contributed by atoms with Crippen molar-refractivity contribution < 1.29 is 0 Å². The van der Waals surface area contributed by atoms with Crippen LogP contribution in [0.2, 0.25) is 0 Å². The predicted octanol–water partition coefficient (Wildman–Crippen LogP) is 4.95. The van der Waals surface area contributed by atoms with Gasteiger partial charge in [0, 0.05) is 14.2 Å². The van der Waals surface area contributed by atoms with E-state index in [0.717, 1.165) is 8.26 Å². The van der Waals surface area contributed by atoms with Crippen LogP contribution in [0.15, 0.2) is 25.8 Å². The van der Waals surface area contributed by atoms with Gasteiger partial charge in [-0.05, 0) is 68.9 Å². The molecular formula is C11H11Br2NS2. The third-order valence-electron chi connectivity index (χ3n) is 2.40. The first-order valence-electron chi connectivity index (χ1n) is 4.79. The molecule has 5 heteroatoms. The van der Waals surface area contributed by atoms with Crippen molar-refractivity contribution in [2.24, 2.45) is 0 Å². The molecule has 0 bridgehead atoms. The van der Waals surface area contributed by atoms with Crippen LogP contribution in [0.1, 0.15) is 21.4 Å². The molecule has 0 saturated heterocycles. The van der Waals surface area contributed by atoms with E-state index in [0.29, 0.717) is 6.04 Å². The van der Waals surface area contributed by atoms with Gasteiger partial charge in [-0.2, -0.15) is 0 Å². The molecule has 2 aromatic heterocycles. The van der Waals surface area contributed by atoms with Gasteiger partial charge in [0.15, 0.2) is 0 Å². The Bertz CT molecular complexity index is 470. The van der Waals surface area contributed by atoms with Crippen molar-refractivity contribution in [3.63, 3.8) is 0 Å². The first-order valence-corrected chi connectivity index (χ1v) is 8.07. The molecule has 0 spiro atoms. The smallest absolute Gasteiger partial charge is 0.0843 e. The van der Waals surface area contributed by atoms with E-state index in [1.807, 2.05) is 7.05 Å². The molecular weight excluding hydrogens is 370 g/mol. The fraction of sp³-hybridized carbons (Fsp3) is 0.273. The van der Waals surface area contributed by atoms with Crippen LogP contribution >= 0.6 is 54.5 Å². The summed E-state index contributed by atoms with van der Waals surface area (Å²) in [7, 11) is 2.01. The zero-order chi connectivity index (χ0) is 11.7. The average molecular weight is 381 g/mol. The van der Waals surface area contributed by atoms with Crippen LogP contribution in [-0.2, 0) is 0 Å². The molecule has 0 aromatic carbocycles. The van der Waals surface area contributed by atoms with Crippen LogP contribution < -0.4 is 5.32 Å². The molecule has 0 amide bonds. The van der Waals surface area contributed by atoms with Gasteiger partial charge in [-0.15, -0.1) is 22.7 Å². The van der Waals surface area contributed by atoms with E-state index in [9.17, 15) is 0 Å². The summed E-state index contributed by atoms with van der Waals surface area (Å²) < 4.78 is 2.28. The highest BCUT2D eigenvalue weighted by Gasteiger charge is 2.18. The second-order valence-electron chi connectivity index (χ2n) is 3.46. The third-order valence-corrected chi connectivity index (χ3v) is 6.81. The standard InChI is InChI=1S/C11H11Br2NS2/c1-6-3-4-15-10(6)9(14-2)8-5-7(12)11(13)16-8/h3-5,9,14H,1-2H3. The Morgan fingerprint density at radius 2 is 2.12 bits per heavy atom. The monoisotopic (exact) mass is 379 g/mol. The minimum absolute atomic E-state index is 0.299. The van der Waals surface area contributed by atoms with E-state index < -0.39 is 0 Å². The van der Waals surface area contributed by atoms with Gasteiger partial charge in [0.2, 0.25) is 0 Å². The molecule has 16 heavy (non-hydrogen) atoms. The normalized spacial score (nSPS) is 13.0. The summed E-state index contributed by atoms with van der Waals surface area (Å²) in [6.45, 7) is 2.16. The molecule has 2 rings (SSSR count). The highest BCUT2D eigenvalue weighted by Crippen LogP contribution is 2.39. The van der Waals surface area contributed by atoms with Crippen LogP contribution in [0, 0.1) is 6.92 Å². The molecule has 0 saturated carbocycles. The Kier molecular flexibility index (Phi) is 4.24. The Labute approximate surface area is 120 Å². The average Bonchev–Trinajstić information content (AvgIpc) is 2.78. The number of aryl methyl sites for hydroxylation is 1. The van der Waals surface area contributed by atoms with Crippen LogP contribution in [0.3, 0.4) is 0 Å². The Balaban J connectivity index is 2.40. The number of rotatable bonds is 3. The van der Waals surface area contributed by atoms with Crippen LogP contribution in [0.5, 0.6) is 0 Å². The van der Waals surface area contributed by atoms with Gasteiger partial charge in [0.05, 0.1) is 9.83 Å². The van der Waals surface area contributed by atoms with Crippen molar-refractivity contribution in [2.45, 2.75) is 13.0 Å². The van der Waals surface area contributed by atoms with Crippen LogP contribution in [0.25, 0.3) is 0 Å². The lowest BCUT2D eigenvalue weighted by atomic mass is 10.1. The number of nitrogens with one attached hydrogen (secondary N) is 1. The van der Waals surface area contributed by atoms with Gasteiger partial charge < -0.3 is 5.32 Å². The highest BCUT2D eigenvalue weighted by atomic mass is 79.9. The molecule has 2 aromatic rings. The molecule has 2 heterocycles. The number of hydrogen-bond donors (Lipinski definition) is 1. The van der Waals surface area contributed by atoms with E-state index in [2.05, 4.69) is 61.6 Å². The zero-order valence-electron chi connectivity index (χ0n) is 8.88. The molecule has 1 nitrogen and oxygen atoms in total. The van der Waals surface area contributed by atoms with Gasteiger partial charge in [-0.1, -0.05) is 0 Å². The van der Waals surface area contributed by atoms with E-state index in [-0.39, 0.29) is 0 Å². The van der Waals surface area contributed by atoms with E-state index in [4.69, 9.17) is 0 Å². The van der Waals surface area contributed by atoms with Crippen LogP contribution in [0.4, 0.5) is 0 Å². The van der Waals surface area contributed by atoms with Crippen molar-refractivity contribution in [1.29, 1.82) is 0 Å². The summed E-state index contributed by atoms with van der Waals surface area (Å²) in [5, 5.41) is 5.53. The van der Waals surface area contributed by atoms with Crippen molar-refractivity contribution in [1.82, 2.24) is 5.32 Å². The second-order valence-corrected chi connectivity index (χ2v) is 7.66. The fourth-order valence-corrected chi connectivity index (χ4v) is 4.93. The zero-order valence-corrected chi connectivity index (χ0v) is 13.7. The maximum Gasteiger partial charge on any atom is 0.0843 e. The maximum atomic E-state index is 3.54. The third kappa shape index (κ3) is 2.43. The Morgan fingerprint density at radius 1 is 1.38 bits per heavy atom. The molecule has 1 atom stereocenters. The van der Waals surface area contributed by atoms with Crippen molar-refractivity contribution in [2.75, 3.05) is 7.05 Å². The van der Waals surface area contributed by atoms with E-state index in [1.54, 1.807) is 22.7 Å². The topological polar surface area (TPSA) is 12.0 Å². The Hall–Kier alpha value is 0.320. The summed E-state index contributed by atoms with van der Waals surface area (Å²) in [5.41, 5.74) is 1.35. The lowest BCUT2D eigenvalue weighted by Crippen LogP contribution is -2.15. The Morgan fingerprint density at radius 3 is 2.56 bits per heavy atom. The van der Waals surface area contributed by atoms with Gasteiger partial charge >= 0.3 is 0 Å². The molecule has 1 unspecified atom stereocenters. The maximum absolute atomic E-state index is 3.54. The van der Waals surface area contributed by atoms with Crippen LogP contribution in [-0.4, -0.2) is 7.05 Å². The molecule has 0 aliphatic heterocycles. The number of hydrogen-bond acceptors (Lipinski definition) is 3. The number of thiophene rings is 2. The molecule has 1 N–H and O–H groups in total. The lowest BCUT2D eigenvalue weighted by molar-refractivity contribution is 0.712. The summed E-state index contributed by atoms with van der Waals surface area (Å²) in [5.74, 6) is 0. The van der Waals surface area contributed by atoms with Gasteiger partial charge in [0.1, 0.15) is 0 Å². The summed E-state index contributed by atoms with van der Waals surface area (Å²) >= 11 is 10.7. The summed E-state index contributed by atoms with van der Waals surface area (Å²) in [4.78, 5) is 2.72. The minimum Gasteiger partial charge on any atom is -0.308 e. The first-order chi connectivity index (χ1) is 7.63. The predicted molar refractivity (Wildman–Crippen MR) is 79.7 cm³/mol. The van der Waals surface area contributed by atoms with Gasteiger partial charge in [0.25, 0.3) is 0 Å². The highest BCUT2D eigenvalue weighted by molar-refractivity contribution is 9.13. The molecule has 0 fully saturated rings. The second kappa shape index (κ2) is 5.31. The van der Waals surface area contributed by atoms with Crippen molar-refractivity contribution in [3.05, 3.63) is 41.1 Å². The number of halogens is 2. The largest absolute Gasteiger partial charge is 0.308 e. The summed E-state index contributed by atoms with van der Waals surface area (Å²) in [6, 6.07) is 4.64. The first kappa shape index (κ1) is 12.8.